The maximum absolute atomic E-state index is 12.7. The summed E-state index contributed by atoms with van der Waals surface area (Å²) in [5.74, 6) is 1.19. The number of aromatic nitrogens is 3. The highest BCUT2D eigenvalue weighted by Gasteiger charge is 2.33. The number of hydrogen-bond donors (Lipinski definition) is 0. The summed E-state index contributed by atoms with van der Waals surface area (Å²) in [5.41, 5.74) is 1.84. The number of nitrogens with zero attached hydrogens (tertiary/aromatic N) is 4. The molecular formula is C20H20N4O2. The first-order chi connectivity index (χ1) is 12.8. The summed E-state index contributed by atoms with van der Waals surface area (Å²) in [6, 6.07) is 15.3. The van der Waals surface area contributed by atoms with E-state index in [9.17, 15) is 4.79 Å². The number of pyridine rings is 1. The molecule has 0 radical (unpaired) electrons. The molecule has 2 aromatic heterocycles. The molecule has 3 aromatic rings. The molecule has 1 saturated heterocycles. The lowest BCUT2D eigenvalue weighted by Gasteiger charge is -2.21. The first-order valence-electron chi connectivity index (χ1n) is 8.89. The highest BCUT2D eigenvalue weighted by Crippen LogP contribution is 2.32. The second-order valence-electron chi connectivity index (χ2n) is 6.39. The van der Waals surface area contributed by atoms with Crippen LogP contribution in [0.2, 0.25) is 0 Å². The Hall–Kier alpha value is -3.02. The van der Waals surface area contributed by atoms with Gasteiger partial charge in [-0.05, 0) is 31.4 Å². The lowest BCUT2D eigenvalue weighted by Crippen LogP contribution is -2.31. The molecule has 132 valence electrons. The summed E-state index contributed by atoms with van der Waals surface area (Å²) >= 11 is 0. The van der Waals surface area contributed by atoms with Crippen LogP contribution in [0.4, 0.5) is 0 Å². The number of aryl methyl sites for hydroxylation is 1. The first kappa shape index (κ1) is 16.4. The van der Waals surface area contributed by atoms with Gasteiger partial charge in [0.15, 0.2) is 0 Å². The summed E-state index contributed by atoms with van der Waals surface area (Å²) in [7, 11) is 0. The van der Waals surface area contributed by atoms with Crippen molar-refractivity contribution in [3.63, 3.8) is 0 Å². The van der Waals surface area contributed by atoms with E-state index in [0.717, 1.165) is 30.6 Å². The molecule has 6 heteroatoms. The number of carbonyl (C=O) groups excluding carboxylic acids is 1. The number of hydrogen-bond acceptors (Lipinski definition) is 5. The molecule has 1 fully saturated rings. The lowest BCUT2D eigenvalue weighted by atomic mass is 10.1. The number of benzene rings is 1. The maximum Gasteiger partial charge on any atom is 0.249 e. The smallest absolute Gasteiger partial charge is 0.249 e. The van der Waals surface area contributed by atoms with Crippen LogP contribution in [0.25, 0.3) is 11.4 Å². The van der Waals surface area contributed by atoms with E-state index in [2.05, 4.69) is 15.1 Å². The third-order valence-electron chi connectivity index (χ3n) is 4.65. The molecule has 3 heterocycles. The molecule has 0 aliphatic carbocycles. The quantitative estimate of drug-likeness (QED) is 0.706. The standard InChI is InChI=1S/C20H20N4O2/c25-18(12-11-16-9-4-5-13-21-16)24-14-6-10-17(24)20-22-19(23-26-20)15-7-2-1-3-8-15/h1-5,7-9,13,17H,6,10-12,14H2/t17-/m1/s1. The number of likely N-dealkylation sites (tertiary alicyclic amines) is 1. The van der Waals surface area contributed by atoms with E-state index in [1.807, 2.05) is 53.4 Å². The van der Waals surface area contributed by atoms with Gasteiger partial charge in [0.2, 0.25) is 17.6 Å². The fraction of sp³-hybridized carbons (Fsp3) is 0.300. The van der Waals surface area contributed by atoms with Crippen LogP contribution < -0.4 is 0 Å². The average molecular weight is 348 g/mol. The van der Waals surface area contributed by atoms with Crippen molar-refractivity contribution in [1.29, 1.82) is 0 Å². The normalized spacial score (nSPS) is 16.8. The van der Waals surface area contributed by atoms with Crippen LogP contribution in [0, 0.1) is 0 Å². The van der Waals surface area contributed by atoms with Gasteiger partial charge >= 0.3 is 0 Å². The molecule has 0 bridgehead atoms. The van der Waals surface area contributed by atoms with Crippen molar-refractivity contribution >= 4 is 5.91 Å². The zero-order chi connectivity index (χ0) is 17.8. The van der Waals surface area contributed by atoms with Gasteiger partial charge in [0, 0.05) is 30.4 Å². The van der Waals surface area contributed by atoms with Crippen LogP contribution in [0.3, 0.4) is 0 Å². The van der Waals surface area contributed by atoms with Gasteiger partial charge in [-0.1, -0.05) is 41.6 Å². The van der Waals surface area contributed by atoms with Crippen LogP contribution in [0.15, 0.2) is 59.3 Å². The van der Waals surface area contributed by atoms with E-state index in [1.165, 1.54) is 0 Å². The minimum Gasteiger partial charge on any atom is -0.337 e. The van der Waals surface area contributed by atoms with Crippen LogP contribution in [0.5, 0.6) is 0 Å². The Balaban J connectivity index is 1.45. The van der Waals surface area contributed by atoms with Gasteiger partial charge in [-0.25, -0.2) is 0 Å². The van der Waals surface area contributed by atoms with E-state index in [1.54, 1.807) is 6.20 Å². The molecule has 1 aliphatic rings. The summed E-state index contributed by atoms with van der Waals surface area (Å²) < 4.78 is 5.48. The molecule has 6 nitrogen and oxygen atoms in total. The van der Waals surface area contributed by atoms with E-state index in [-0.39, 0.29) is 11.9 Å². The Labute approximate surface area is 151 Å². The van der Waals surface area contributed by atoms with Crippen LogP contribution >= 0.6 is 0 Å². The van der Waals surface area contributed by atoms with E-state index >= 15 is 0 Å². The lowest BCUT2D eigenvalue weighted by molar-refractivity contribution is -0.132. The molecular weight excluding hydrogens is 328 g/mol. The van der Waals surface area contributed by atoms with Crippen molar-refractivity contribution in [2.75, 3.05) is 6.54 Å². The summed E-state index contributed by atoms with van der Waals surface area (Å²) in [5, 5.41) is 4.08. The van der Waals surface area contributed by atoms with Gasteiger partial charge in [-0.2, -0.15) is 4.98 Å². The molecule has 0 spiro atoms. The van der Waals surface area contributed by atoms with Gasteiger partial charge in [-0.15, -0.1) is 0 Å². The fourth-order valence-corrected chi connectivity index (χ4v) is 3.32. The van der Waals surface area contributed by atoms with Crippen molar-refractivity contribution < 1.29 is 9.32 Å². The molecule has 1 amide bonds. The largest absolute Gasteiger partial charge is 0.337 e. The van der Waals surface area contributed by atoms with Crippen molar-refractivity contribution in [3.8, 4) is 11.4 Å². The molecule has 4 rings (SSSR count). The predicted octanol–water partition coefficient (Wildman–Crippen LogP) is 3.43. The Bertz CT molecular complexity index is 864. The summed E-state index contributed by atoms with van der Waals surface area (Å²) in [6.07, 6.45) is 4.63. The number of carbonyl (C=O) groups is 1. The molecule has 1 aromatic carbocycles. The molecule has 0 saturated carbocycles. The summed E-state index contributed by atoms with van der Waals surface area (Å²) in [6.45, 7) is 0.731. The number of rotatable bonds is 5. The maximum atomic E-state index is 12.7. The van der Waals surface area contributed by atoms with Gasteiger partial charge in [-0.3, -0.25) is 9.78 Å². The monoisotopic (exact) mass is 348 g/mol. The highest BCUT2D eigenvalue weighted by atomic mass is 16.5. The van der Waals surface area contributed by atoms with Crippen molar-refractivity contribution in [1.82, 2.24) is 20.0 Å². The second kappa shape index (κ2) is 7.47. The Morgan fingerprint density at radius 3 is 2.81 bits per heavy atom. The van der Waals surface area contributed by atoms with Gasteiger partial charge in [0.1, 0.15) is 6.04 Å². The van der Waals surface area contributed by atoms with Crippen LogP contribution in [-0.2, 0) is 11.2 Å². The van der Waals surface area contributed by atoms with Gasteiger partial charge in [0.25, 0.3) is 0 Å². The Kier molecular flexibility index (Phi) is 4.73. The minimum absolute atomic E-state index is 0.109. The summed E-state index contributed by atoms with van der Waals surface area (Å²) in [4.78, 5) is 23.4. The average Bonchev–Trinajstić information content (AvgIpc) is 3.37. The Morgan fingerprint density at radius 1 is 1.15 bits per heavy atom. The molecule has 1 aliphatic heterocycles. The topological polar surface area (TPSA) is 72.1 Å². The van der Waals surface area contributed by atoms with E-state index in [4.69, 9.17) is 4.52 Å². The van der Waals surface area contributed by atoms with Crippen molar-refractivity contribution in [3.05, 3.63) is 66.3 Å². The van der Waals surface area contributed by atoms with Gasteiger partial charge in [0.05, 0.1) is 0 Å². The zero-order valence-electron chi connectivity index (χ0n) is 14.4. The van der Waals surface area contributed by atoms with E-state index < -0.39 is 0 Å². The SMILES string of the molecule is O=C(CCc1ccccn1)N1CCC[C@@H]1c1nc(-c2ccccc2)no1. The van der Waals surface area contributed by atoms with Crippen molar-refractivity contribution in [2.45, 2.75) is 31.7 Å². The second-order valence-corrected chi connectivity index (χ2v) is 6.39. The fourth-order valence-electron chi connectivity index (χ4n) is 3.32. The highest BCUT2D eigenvalue weighted by molar-refractivity contribution is 5.77. The molecule has 26 heavy (non-hydrogen) atoms. The first-order valence-corrected chi connectivity index (χ1v) is 8.89. The van der Waals surface area contributed by atoms with E-state index in [0.29, 0.717) is 24.6 Å². The zero-order valence-corrected chi connectivity index (χ0v) is 14.4. The van der Waals surface area contributed by atoms with Crippen LogP contribution in [-0.4, -0.2) is 32.5 Å². The Morgan fingerprint density at radius 2 is 2.00 bits per heavy atom. The molecule has 1 atom stereocenters. The molecule has 0 unspecified atom stereocenters. The van der Waals surface area contributed by atoms with Crippen LogP contribution in [0.1, 0.15) is 36.9 Å². The molecule has 0 N–H and O–H groups in total. The number of amides is 1. The van der Waals surface area contributed by atoms with Gasteiger partial charge < -0.3 is 9.42 Å². The van der Waals surface area contributed by atoms with Crippen molar-refractivity contribution in [2.24, 2.45) is 0 Å². The predicted molar refractivity (Wildman–Crippen MR) is 96.0 cm³/mol. The third kappa shape index (κ3) is 3.49. The third-order valence-corrected chi connectivity index (χ3v) is 4.65. The minimum atomic E-state index is -0.129.